The van der Waals surface area contributed by atoms with Crippen molar-refractivity contribution >= 4 is 28.2 Å². The molecule has 35 heavy (non-hydrogen) atoms. The van der Waals surface area contributed by atoms with Gasteiger partial charge in [-0.1, -0.05) is 0 Å². The van der Waals surface area contributed by atoms with Crippen LogP contribution in [-0.4, -0.2) is 83.0 Å². The minimum atomic E-state index is -0.229. The molecule has 0 aliphatic carbocycles. The maximum Gasteiger partial charge on any atom is 0.316 e. The summed E-state index contributed by atoms with van der Waals surface area (Å²) in [7, 11) is 3.67. The Balaban J connectivity index is 1.42. The molecule has 2 atom stereocenters. The summed E-state index contributed by atoms with van der Waals surface area (Å²) in [5, 5.41) is 11.9. The fourth-order valence-corrected chi connectivity index (χ4v) is 5.23. The van der Waals surface area contributed by atoms with Crippen LogP contribution in [-0.2, 0) is 0 Å². The molecule has 2 saturated heterocycles. The Morgan fingerprint density at radius 2 is 1.89 bits per heavy atom. The molecule has 0 spiro atoms. The zero-order chi connectivity index (χ0) is 24.5. The van der Waals surface area contributed by atoms with Gasteiger partial charge in [-0.2, -0.15) is 10.1 Å². The molecule has 2 aliphatic rings. The first-order valence-electron chi connectivity index (χ1n) is 12.3. The number of carbonyl (C=O) groups excluding carboxylic acids is 1. The average molecular weight is 479 g/mol. The molecule has 2 N–H and O–H groups in total. The molecule has 5 rings (SSSR count). The van der Waals surface area contributed by atoms with Crippen LogP contribution in [0.5, 0.6) is 6.01 Å². The van der Waals surface area contributed by atoms with Gasteiger partial charge in [-0.05, 0) is 59.0 Å². The van der Waals surface area contributed by atoms with Crippen molar-refractivity contribution in [3.8, 4) is 6.01 Å². The third-order valence-corrected chi connectivity index (χ3v) is 6.95. The predicted molar refractivity (Wildman–Crippen MR) is 136 cm³/mol. The number of fused-ring (bicyclic) bond motifs is 1. The lowest BCUT2D eigenvalue weighted by Gasteiger charge is -2.38. The summed E-state index contributed by atoms with van der Waals surface area (Å²) in [4.78, 5) is 26.9. The van der Waals surface area contributed by atoms with Gasteiger partial charge in [0.2, 0.25) is 0 Å². The number of carbonyl (C=O) groups is 1. The van der Waals surface area contributed by atoms with E-state index in [1.54, 1.807) is 12.4 Å². The lowest BCUT2D eigenvalue weighted by Crippen LogP contribution is -2.54. The molecule has 186 valence electrons. The number of nitrogens with zero attached hydrogens (tertiary/aromatic N) is 6. The van der Waals surface area contributed by atoms with Gasteiger partial charge in [-0.3, -0.25) is 9.48 Å². The molecular formula is C25H34N8O2. The summed E-state index contributed by atoms with van der Waals surface area (Å²) in [6, 6.07) is 5.16. The molecule has 0 bridgehead atoms. The van der Waals surface area contributed by atoms with Crippen molar-refractivity contribution < 1.29 is 9.53 Å². The largest absolute Gasteiger partial charge is 0.467 e. The minimum absolute atomic E-state index is 0.229. The Morgan fingerprint density at radius 1 is 1.14 bits per heavy atom. The molecule has 10 heteroatoms. The number of hydrogen-bond donors (Lipinski definition) is 2. The van der Waals surface area contributed by atoms with E-state index in [4.69, 9.17) is 4.74 Å². The number of ether oxygens (including phenoxy) is 1. The first-order chi connectivity index (χ1) is 16.9. The summed E-state index contributed by atoms with van der Waals surface area (Å²) in [6.07, 6.45) is 7.49. The number of anilines is 2. The first kappa shape index (κ1) is 23.5. The van der Waals surface area contributed by atoms with Crippen LogP contribution in [0.1, 0.15) is 43.1 Å². The number of benzene rings is 1. The standard InChI is InChI=1S/C25H34N8O2/c1-16-13-32(14-17(2)28-16)22-6-5-20(23-21(22)12-26-25(30-23)35-4)24(34)29-18-11-27-33(15-18)19-7-9-31(3)10-8-19/h5-6,11-12,15-17,19,28H,7-10,13-14H2,1-4H3,(H,29,34)/t16-,17-/m0/s1. The van der Waals surface area contributed by atoms with Crippen molar-refractivity contribution in [3.05, 3.63) is 36.3 Å². The van der Waals surface area contributed by atoms with Gasteiger partial charge < -0.3 is 25.2 Å². The fourth-order valence-electron chi connectivity index (χ4n) is 5.23. The van der Waals surface area contributed by atoms with Gasteiger partial charge in [0.25, 0.3) is 5.91 Å². The fraction of sp³-hybridized carbons (Fsp3) is 0.520. The first-order valence-corrected chi connectivity index (χ1v) is 12.3. The second kappa shape index (κ2) is 9.79. The monoisotopic (exact) mass is 478 g/mol. The van der Waals surface area contributed by atoms with E-state index in [0.29, 0.717) is 34.9 Å². The third-order valence-electron chi connectivity index (χ3n) is 6.95. The number of piperidine rings is 1. The molecule has 0 saturated carbocycles. The quantitative estimate of drug-likeness (QED) is 0.577. The van der Waals surface area contributed by atoms with Crippen LogP contribution in [0.3, 0.4) is 0 Å². The highest BCUT2D eigenvalue weighted by atomic mass is 16.5. The third kappa shape index (κ3) is 4.94. The summed E-state index contributed by atoms with van der Waals surface area (Å²) < 4.78 is 7.25. The highest BCUT2D eigenvalue weighted by molar-refractivity contribution is 6.13. The molecule has 10 nitrogen and oxygen atoms in total. The van der Waals surface area contributed by atoms with E-state index in [9.17, 15) is 4.79 Å². The number of piperazine rings is 1. The van der Waals surface area contributed by atoms with E-state index in [2.05, 4.69) is 56.4 Å². The van der Waals surface area contributed by atoms with Gasteiger partial charge in [0.1, 0.15) is 0 Å². The maximum absolute atomic E-state index is 13.4. The number of amides is 1. The molecule has 1 aromatic carbocycles. The highest BCUT2D eigenvalue weighted by Gasteiger charge is 2.25. The van der Waals surface area contributed by atoms with Crippen molar-refractivity contribution in [1.82, 2.24) is 30.0 Å². The molecular weight excluding hydrogens is 444 g/mol. The Bertz CT molecular complexity index is 1190. The van der Waals surface area contributed by atoms with Gasteiger partial charge in [0.05, 0.1) is 36.1 Å². The predicted octanol–water partition coefficient (Wildman–Crippen LogP) is 2.54. The number of hydrogen-bond acceptors (Lipinski definition) is 8. The highest BCUT2D eigenvalue weighted by Crippen LogP contribution is 2.31. The SMILES string of the molecule is COc1ncc2c(N3C[C@H](C)N[C@@H](C)C3)ccc(C(=O)Nc3cnn(C4CCN(C)CC4)c3)c2n1. The average Bonchev–Trinajstić information content (AvgIpc) is 3.31. The van der Waals surface area contributed by atoms with E-state index in [1.165, 1.54) is 7.11 Å². The molecule has 2 aromatic heterocycles. The van der Waals surface area contributed by atoms with Crippen molar-refractivity contribution in [2.45, 2.75) is 44.8 Å². The Kier molecular flexibility index (Phi) is 6.57. The molecule has 0 radical (unpaired) electrons. The van der Waals surface area contributed by atoms with E-state index in [-0.39, 0.29) is 11.9 Å². The number of rotatable bonds is 5. The summed E-state index contributed by atoms with van der Waals surface area (Å²) in [5.74, 6) is -0.229. The zero-order valence-electron chi connectivity index (χ0n) is 20.9. The summed E-state index contributed by atoms with van der Waals surface area (Å²) in [6.45, 7) is 8.20. The van der Waals surface area contributed by atoms with Gasteiger partial charge in [0, 0.05) is 48.6 Å². The molecule has 2 fully saturated rings. The number of nitrogens with one attached hydrogen (secondary N) is 2. The number of aromatic nitrogens is 4. The minimum Gasteiger partial charge on any atom is -0.467 e. The van der Waals surface area contributed by atoms with Gasteiger partial charge >= 0.3 is 6.01 Å². The lowest BCUT2D eigenvalue weighted by molar-refractivity contribution is 0.102. The smallest absolute Gasteiger partial charge is 0.316 e. The van der Waals surface area contributed by atoms with Crippen molar-refractivity contribution in [2.24, 2.45) is 0 Å². The van der Waals surface area contributed by atoms with E-state index in [0.717, 1.165) is 50.1 Å². The number of likely N-dealkylation sites (tertiary alicyclic amines) is 1. The van der Waals surface area contributed by atoms with Crippen LogP contribution >= 0.6 is 0 Å². The van der Waals surface area contributed by atoms with E-state index >= 15 is 0 Å². The zero-order valence-corrected chi connectivity index (χ0v) is 20.9. The van der Waals surface area contributed by atoms with Crippen LogP contribution in [0.4, 0.5) is 11.4 Å². The Hall–Kier alpha value is -3.24. The maximum atomic E-state index is 13.4. The van der Waals surface area contributed by atoms with E-state index in [1.807, 2.05) is 23.0 Å². The second-order valence-electron chi connectivity index (χ2n) is 9.82. The topological polar surface area (TPSA) is 100 Å². The Labute approximate surface area is 205 Å². The number of methoxy groups -OCH3 is 1. The normalized spacial score (nSPS) is 21.9. The van der Waals surface area contributed by atoms with Crippen LogP contribution < -0.4 is 20.3 Å². The van der Waals surface area contributed by atoms with Crippen LogP contribution in [0.15, 0.2) is 30.7 Å². The molecule has 2 aliphatic heterocycles. The van der Waals surface area contributed by atoms with Crippen LogP contribution in [0, 0.1) is 0 Å². The van der Waals surface area contributed by atoms with Gasteiger partial charge in [-0.15, -0.1) is 0 Å². The Morgan fingerprint density at radius 3 is 2.60 bits per heavy atom. The molecule has 0 unspecified atom stereocenters. The second-order valence-corrected chi connectivity index (χ2v) is 9.82. The summed E-state index contributed by atoms with van der Waals surface area (Å²) >= 11 is 0. The molecule has 3 aromatic rings. The van der Waals surface area contributed by atoms with Gasteiger partial charge in [-0.25, -0.2) is 4.98 Å². The van der Waals surface area contributed by atoms with E-state index < -0.39 is 0 Å². The van der Waals surface area contributed by atoms with Crippen molar-refractivity contribution in [1.29, 1.82) is 0 Å². The van der Waals surface area contributed by atoms with Crippen LogP contribution in [0.2, 0.25) is 0 Å². The van der Waals surface area contributed by atoms with Crippen molar-refractivity contribution in [2.75, 3.05) is 50.6 Å². The van der Waals surface area contributed by atoms with Gasteiger partial charge in [0.15, 0.2) is 0 Å². The lowest BCUT2D eigenvalue weighted by atomic mass is 10.0. The molecule has 4 heterocycles. The molecule has 1 amide bonds. The van der Waals surface area contributed by atoms with Crippen LogP contribution in [0.25, 0.3) is 10.9 Å². The summed E-state index contributed by atoms with van der Waals surface area (Å²) in [5.41, 5.74) is 2.76. The van der Waals surface area contributed by atoms with Crippen molar-refractivity contribution in [3.63, 3.8) is 0 Å².